The Labute approximate surface area is 296 Å². The lowest BCUT2D eigenvalue weighted by atomic mass is 10.1. The van der Waals surface area contributed by atoms with Crippen LogP contribution in [-0.2, 0) is 28.6 Å². The smallest absolute Gasteiger partial charge is 0.306 e. The lowest BCUT2D eigenvalue weighted by Gasteiger charge is -2.22. The average molecular weight is 683 g/mol. The first-order chi connectivity index (χ1) is 23.4. The summed E-state index contributed by atoms with van der Waals surface area (Å²) in [4.78, 5) is 39.0. The summed E-state index contributed by atoms with van der Waals surface area (Å²) in [6.07, 6.45) is 26.2. The van der Waals surface area contributed by atoms with Crippen LogP contribution in [0.2, 0.25) is 0 Å². The molecule has 284 valence electrons. The van der Waals surface area contributed by atoms with Gasteiger partial charge in [-0.05, 0) is 84.3 Å². The van der Waals surface area contributed by atoms with Crippen LogP contribution in [0, 0.1) is 0 Å². The van der Waals surface area contributed by atoms with Gasteiger partial charge in [0.2, 0.25) is 5.91 Å². The highest BCUT2D eigenvalue weighted by Crippen LogP contribution is 2.16. The van der Waals surface area contributed by atoms with Crippen molar-refractivity contribution in [3.63, 3.8) is 0 Å². The van der Waals surface area contributed by atoms with Gasteiger partial charge < -0.3 is 24.4 Å². The molecule has 1 N–H and O–H groups in total. The minimum atomic E-state index is -0.423. The van der Waals surface area contributed by atoms with E-state index in [0.29, 0.717) is 26.0 Å². The Balaban J connectivity index is 4.28. The third-order valence-corrected chi connectivity index (χ3v) is 9.20. The maximum absolute atomic E-state index is 12.5. The Hall–Kier alpha value is -1.67. The molecule has 0 heterocycles. The number of nitrogens with zero attached hydrogens (tertiary/aromatic N) is 1. The van der Waals surface area contributed by atoms with E-state index in [1.807, 2.05) is 0 Å². The summed E-state index contributed by atoms with van der Waals surface area (Å²) in [6.45, 7) is 12.7. The maximum atomic E-state index is 12.5. The fourth-order valence-corrected chi connectivity index (χ4v) is 5.90. The first-order valence-electron chi connectivity index (χ1n) is 20.3. The van der Waals surface area contributed by atoms with Crippen molar-refractivity contribution in [3.8, 4) is 0 Å². The van der Waals surface area contributed by atoms with E-state index >= 15 is 0 Å². The van der Waals surface area contributed by atoms with E-state index in [-0.39, 0.29) is 23.9 Å². The number of unbranched alkanes of at least 4 members (excludes halogenated alkanes) is 15. The van der Waals surface area contributed by atoms with E-state index in [0.717, 1.165) is 122 Å². The summed E-state index contributed by atoms with van der Waals surface area (Å²) >= 11 is 0. The molecule has 0 saturated heterocycles. The van der Waals surface area contributed by atoms with Gasteiger partial charge in [-0.1, -0.05) is 111 Å². The minimum Gasteiger partial charge on any atom is -0.466 e. The van der Waals surface area contributed by atoms with Crippen molar-refractivity contribution in [1.29, 1.82) is 0 Å². The number of carbonyl (C=O) groups is 3. The highest BCUT2D eigenvalue weighted by atomic mass is 16.5. The number of amides is 1. The van der Waals surface area contributed by atoms with Crippen LogP contribution in [0.1, 0.15) is 188 Å². The molecule has 1 amide bonds. The molecule has 0 aliphatic heterocycles. The van der Waals surface area contributed by atoms with Gasteiger partial charge in [-0.3, -0.25) is 14.4 Å². The van der Waals surface area contributed by atoms with Gasteiger partial charge in [0.15, 0.2) is 0 Å². The van der Waals surface area contributed by atoms with Gasteiger partial charge in [-0.2, -0.15) is 0 Å². The summed E-state index contributed by atoms with van der Waals surface area (Å²) in [5.41, 5.74) is 0. The Morgan fingerprint density at radius 1 is 0.583 bits per heavy atom. The molecule has 0 aliphatic carbocycles. The van der Waals surface area contributed by atoms with Crippen LogP contribution in [0.5, 0.6) is 0 Å². The fraction of sp³-hybridized carbons (Fsp3) is 0.925. The topological polar surface area (TPSA) is 94.2 Å². The van der Waals surface area contributed by atoms with Crippen LogP contribution in [0.3, 0.4) is 0 Å². The second-order valence-electron chi connectivity index (χ2n) is 13.8. The largest absolute Gasteiger partial charge is 0.466 e. The molecule has 8 nitrogen and oxygen atoms in total. The van der Waals surface area contributed by atoms with Gasteiger partial charge in [0.05, 0.1) is 6.61 Å². The fourth-order valence-electron chi connectivity index (χ4n) is 5.90. The molecule has 0 spiro atoms. The molecule has 48 heavy (non-hydrogen) atoms. The normalized spacial score (nSPS) is 12.6. The third-order valence-electron chi connectivity index (χ3n) is 9.20. The highest BCUT2D eigenvalue weighted by Gasteiger charge is 2.14. The third kappa shape index (κ3) is 30.4. The van der Waals surface area contributed by atoms with Crippen molar-refractivity contribution >= 4 is 17.8 Å². The molecule has 8 heteroatoms. The summed E-state index contributed by atoms with van der Waals surface area (Å²) in [5.74, 6) is -0.118. The van der Waals surface area contributed by atoms with Gasteiger partial charge in [0.25, 0.3) is 0 Å². The van der Waals surface area contributed by atoms with Crippen LogP contribution >= 0.6 is 0 Å². The van der Waals surface area contributed by atoms with E-state index < -0.39 is 6.10 Å². The zero-order valence-electron chi connectivity index (χ0n) is 32.3. The van der Waals surface area contributed by atoms with Crippen molar-refractivity contribution in [2.45, 2.75) is 200 Å². The number of rotatable bonds is 36. The highest BCUT2D eigenvalue weighted by molar-refractivity contribution is 5.80. The molecular formula is C40H78N2O6. The molecule has 0 aliphatic rings. The predicted octanol–water partition coefficient (Wildman–Crippen LogP) is 9.71. The van der Waals surface area contributed by atoms with Crippen molar-refractivity contribution < 1.29 is 28.6 Å². The lowest BCUT2D eigenvalue weighted by molar-refractivity contribution is -0.150. The van der Waals surface area contributed by atoms with Gasteiger partial charge in [0.1, 0.15) is 12.2 Å². The number of methoxy groups -OCH3 is 1. The van der Waals surface area contributed by atoms with Gasteiger partial charge >= 0.3 is 11.9 Å². The van der Waals surface area contributed by atoms with E-state index in [9.17, 15) is 14.4 Å². The van der Waals surface area contributed by atoms with Gasteiger partial charge in [-0.15, -0.1) is 0 Å². The number of nitrogens with one attached hydrogen (secondary N) is 1. The van der Waals surface area contributed by atoms with Crippen LogP contribution in [0.15, 0.2) is 0 Å². The number of hydrogen-bond donors (Lipinski definition) is 1. The predicted molar refractivity (Wildman–Crippen MR) is 199 cm³/mol. The molecule has 0 aromatic carbocycles. The van der Waals surface area contributed by atoms with Crippen LogP contribution in [-0.4, -0.2) is 74.8 Å². The first-order valence-corrected chi connectivity index (χ1v) is 20.3. The molecule has 0 saturated carbocycles. The van der Waals surface area contributed by atoms with Crippen molar-refractivity contribution in [3.05, 3.63) is 0 Å². The molecular weight excluding hydrogens is 604 g/mol. The van der Waals surface area contributed by atoms with Gasteiger partial charge in [-0.25, -0.2) is 0 Å². The molecule has 0 rings (SSSR count). The molecule has 2 unspecified atom stereocenters. The molecule has 0 aromatic heterocycles. The SMILES string of the molecule is CCCCCCCOC(=O)CCCCCCCN(CCCCCCCC(=O)OC(CCCC)CCCCC)CCCNC(=O)C(C)OC. The van der Waals surface area contributed by atoms with Crippen LogP contribution in [0.25, 0.3) is 0 Å². The summed E-state index contributed by atoms with van der Waals surface area (Å²) in [7, 11) is 1.55. The number of carbonyl (C=O) groups excluding carboxylic acids is 3. The standard InChI is InChI=1S/C40H78N2O6/c1-6-9-12-19-25-35-47-38(43)29-21-15-13-17-23-32-42(34-26-31-41-40(45)36(4)46-5)33-24-18-14-16-22-30-39(44)48-37(27-11-8-3)28-20-10-7-2/h36-37H,6-35H2,1-5H3,(H,41,45). The van der Waals surface area contributed by atoms with E-state index in [1.165, 1.54) is 44.9 Å². The zero-order valence-corrected chi connectivity index (χ0v) is 32.3. The Kier molecular flexibility index (Phi) is 33.9. The number of ether oxygens (including phenoxy) is 3. The lowest BCUT2D eigenvalue weighted by Crippen LogP contribution is -2.36. The Bertz CT molecular complexity index is 749. The molecule has 0 bridgehead atoms. The van der Waals surface area contributed by atoms with Crippen molar-refractivity contribution in [2.24, 2.45) is 0 Å². The van der Waals surface area contributed by atoms with E-state index in [2.05, 4.69) is 31.0 Å². The molecule has 0 aromatic rings. The average Bonchev–Trinajstić information content (AvgIpc) is 3.08. The monoisotopic (exact) mass is 683 g/mol. The summed E-state index contributed by atoms with van der Waals surface area (Å²) < 4.78 is 16.3. The van der Waals surface area contributed by atoms with Crippen LogP contribution in [0.4, 0.5) is 0 Å². The van der Waals surface area contributed by atoms with Crippen molar-refractivity contribution in [2.75, 3.05) is 39.9 Å². The first kappa shape index (κ1) is 46.3. The Morgan fingerprint density at radius 3 is 1.71 bits per heavy atom. The number of hydrogen-bond acceptors (Lipinski definition) is 7. The quantitative estimate of drug-likeness (QED) is 0.0519. The second kappa shape index (κ2) is 35.2. The van der Waals surface area contributed by atoms with Crippen molar-refractivity contribution in [1.82, 2.24) is 10.2 Å². The zero-order chi connectivity index (χ0) is 35.5. The van der Waals surface area contributed by atoms with E-state index in [1.54, 1.807) is 14.0 Å². The van der Waals surface area contributed by atoms with Crippen LogP contribution < -0.4 is 5.32 Å². The maximum Gasteiger partial charge on any atom is 0.306 e. The Morgan fingerprint density at radius 2 is 1.08 bits per heavy atom. The number of esters is 2. The minimum absolute atomic E-state index is 0.0149. The summed E-state index contributed by atoms with van der Waals surface area (Å²) in [5, 5.41) is 2.98. The molecule has 2 atom stereocenters. The van der Waals surface area contributed by atoms with E-state index in [4.69, 9.17) is 14.2 Å². The summed E-state index contributed by atoms with van der Waals surface area (Å²) in [6, 6.07) is 0. The second-order valence-corrected chi connectivity index (χ2v) is 13.8. The molecule has 0 fully saturated rings. The molecule has 0 radical (unpaired) electrons. The van der Waals surface area contributed by atoms with Gasteiger partial charge in [0, 0.05) is 26.5 Å².